The van der Waals surface area contributed by atoms with Crippen LogP contribution in [0, 0.1) is 5.92 Å². The van der Waals surface area contributed by atoms with Crippen molar-refractivity contribution in [1.29, 1.82) is 0 Å². The maximum atomic E-state index is 11.9. The molecule has 2 amide bonds. The summed E-state index contributed by atoms with van der Waals surface area (Å²) in [7, 11) is 0. The van der Waals surface area contributed by atoms with Crippen molar-refractivity contribution in [3.8, 4) is 0 Å². The lowest BCUT2D eigenvalue weighted by Crippen LogP contribution is -2.47. The molecule has 0 saturated heterocycles. The summed E-state index contributed by atoms with van der Waals surface area (Å²) in [4.78, 5) is 27.7. The summed E-state index contributed by atoms with van der Waals surface area (Å²) in [6, 6.07) is 7.12. The van der Waals surface area contributed by atoms with Gasteiger partial charge in [-0.2, -0.15) is 0 Å². The zero-order valence-electron chi connectivity index (χ0n) is 12.6. The molecule has 116 valence electrons. The van der Waals surface area contributed by atoms with E-state index in [9.17, 15) is 9.59 Å². The molecular formula is C16H19N3O2S. The van der Waals surface area contributed by atoms with Crippen molar-refractivity contribution in [3.63, 3.8) is 0 Å². The summed E-state index contributed by atoms with van der Waals surface area (Å²) in [5, 5.41) is 3.39. The predicted molar refractivity (Wildman–Crippen MR) is 89.2 cm³/mol. The van der Waals surface area contributed by atoms with E-state index in [1.54, 1.807) is 6.08 Å². The normalized spacial score (nSPS) is 14.1. The number of nitrogens with one attached hydrogen (secondary N) is 1. The quantitative estimate of drug-likeness (QED) is 0.802. The van der Waals surface area contributed by atoms with E-state index in [1.165, 1.54) is 17.4 Å². The second-order valence-electron chi connectivity index (χ2n) is 5.13. The number of hydrogen-bond donors (Lipinski definition) is 2. The number of rotatable bonds is 6. The Bertz CT molecular complexity index is 675. The van der Waals surface area contributed by atoms with Gasteiger partial charge < -0.3 is 11.1 Å². The number of thiazole rings is 1. The lowest BCUT2D eigenvalue weighted by Gasteiger charge is -2.20. The first-order valence-electron chi connectivity index (χ1n) is 7.14. The van der Waals surface area contributed by atoms with Gasteiger partial charge in [0.1, 0.15) is 11.0 Å². The number of para-hydroxylation sites is 1. The van der Waals surface area contributed by atoms with Crippen LogP contribution < -0.4 is 11.1 Å². The highest BCUT2D eigenvalue weighted by molar-refractivity contribution is 7.19. The van der Waals surface area contributed by atoms with Crippen molar-refractivity contribution in [2.45, 2.75) is 26.3 Å². The molecule has 2 atom stereocenters. The summed E-state index contributed by atoms with van der Waals surface area (Å²) in [5.74, 6) is -0.864. The van der Waals surface area contributed by atoms with Gasteiger partial charge in [0.25, 0.3) is 0 Å². The smallest absolute Gasteiger partial charge is 0.244 e. The standard InChI is InChI=1S/C16H19N3O2S/c1-3-10(2)15(16(17)21)19-13(20)8-9-14-18-11-6-4-5-7-12(11)22-14/h4-10,15H,3H2,1-2H3,(H2,17,21)(H,19,20)/b9-8-/t10-,15-/m0/s1. The van der Waals surface area contributed by atoms with Crippen molar-refractivity contribution in [3.05, 3.63) is 35.3 Å². The second-order valence-corrected chi connectivity index (χ2v) is 6.19. The minimum Gasteiger partial charge on any atom is -0.368 e. The molecule has 0 bridgehead atoms. The Balaban J connectivity index is 2.05. The monoisotopic (exact) mass is 317 g/mol. The molecular weight excluding hydrogens is 298 g/mol. The highest BCUT2D eigenvalue weighted by Crippen LogP contribution is 2.22. The minimum absolute atomic E-state index is 0.00250. The maximum Gasteiger partial charge on any atom is 0.244 e. The molecule has 0 saturated carbocycles. The Hall–Kier alpha value is -2.21. The van der Waals surface area contributed by atoms with E-state index in [0.29, 0.717) is 0 Å². The van der Waals surface area contributed by atoms with Crippen LogP contribution in [-0.4, -0.2) is 22.8 Å². The summed E-state index contributed by atoms with van der Waals surface area (Å²) in [6.07, 6.45) is 3.79. The van der Waals surface area contributed by atoms with Crippen LogP contribution in [0.4, 0.5) is 0 Å². The predicted octanol–water partition coefficient (Wildman–Crippen LogP) is 2.33. The van der Waals surface area contributed by atoms with Crippen LogP contribution >= 0.6 is 11.3 Å². The van der Waals surface area contributed by atoms with E-state index in [0.717, 1.165) is 21.6 Å². The highest BCUT2D eigenvalue weighted by atomic mass is 32.1. The summed E-state index contributed by atoms with van der Waals surface area (Å²) < 4.78 is 1.07. The molecule has 5 nitrogen and oxygen atoms in total. The van der Waals surface area contributed by atoms with E-state index in [1.807, 2.05) is 38.1 Å². The molecule has 3 N–H and O–H groups in total. The Kier molecular flexibility index (Phi) is 5.27. The number of nitrogens with two attached hydrogens (primary N) is 1. The zero-order valence-corrected chi connectivity index (χ0v) is 13.4. The third-order valence-electron chi connectivity index (χ3n) is 3.50. The molecule has 2 rings (SSSR count). The first kappa shape index (κ1) is 16.2. The number of nitrogens with zero attached hydrogens (tertiary/aromatic N) is 1. The van der Waals surface area contributed by atoms with Crippen LogP contribution in [0.25, 0.3) is 16.3 Å². The molecule has 0 aliphatic rings. The average molecular weight is 317 g/mol. The lowest BCUT2D eigenvalue weighted by molar-refractivity contribution is -0.126. The Morgan fingerprint density at radius 3 is 2.77 bits per heavy atom. The van der Waals surface area contributed by atoms with Crippen LogP contribution in [-0.2, 0) is 9.59 Å². The fraction of sp³-hybridized carbons (Fsp3) is 0.312. The minimum atomic E-state index is -0.655. The number of carbonyl (C=O) groups excluding carboxylic acids is 2. The molecule has 0 spiro atoms. The van der Waals surface area contributed by atoms with Crippen LogP contribution in [0.2, 0.25) is 0 Å². The molecule has 1 aromatic carbocycles. The van der Waals surface area contributed by atoms with Crippen molar-refractivity contribution in [2.75, 3.05) is 0 Å². The third kappa shape index (κ3) is 3.92. The number of carbonyl (C=O) groups is 2. The van der Waals surface area contributed by atoms with Crippen molar-refractivity contribution >= 4 is 39.4 Å². The van der Waals surface area contributed by atoms with E-state index < -0.39 is 11.9 Å². The number of hydrogen-bond acceptors (Lipinski definition) is 4. The maximum absolute atomic E-state index is 11.9. The number of benzene rings is 1. The zero-order chi connectivity index (χ0) is 16.1. The second kappa shape index (κ2) is 7.17. The SMILES string of the molecule is CC[C@H](C)[C@H](NC(=O)/C=C\c1nc2ccccc2s1)C(N)=O. The average Bonchev–Trinajstić information content (AvgIpc) is 2.92. The summed E-state index contributed by atoms with van der Waals surface area (Å²) >= 11 is 1.51. The van der Waals surface area contributed by atoms with Gasteiger partial charge in [-0.3, -0.25) is 9.59 Å². The Morgan fingerprint density at radius 2 is 2.14 bits per heavy atom. The molecule has 0 aliphatic heterocycles. The number of primary amides is 1. The van der Waals surface area contributed by atoms with Crippen molar-refractivity contribution in [1.82, 2.24) is 10.3 Å². The van der Waals surface area contributed by atoms with Crippen molar-refractivity contribution in [2.24, 2.45) is 11.7 Å². The Morgan fingerprint density at radius 1 is 1.41 bits per heavy atom. The van der Waals surface area contributed by atoms with E-state index in [4.69, 9.17) is 5.73 Å². The van der Waals surface area contributed by atoms with Gasteiger partial charge in [0.05, 0.1) is 10.2 Å². The summed E-state index contributed by atoms with van der Waals surface area (Å²) in [6.45, 7) is 3.83. The van der Waals surface area contributed by atoms with Gasteiger partial charge >= 0.3 is 0 Å². The molecule has 1 aromatic heterocycles. The topological polar surface area (TPSA) is 85.1 Å². The van der Waals surface area contributed by atoms with Gasteiger partial charge in [0.2, 0.25) is 11.8 Å². The van der Waals surface area contributed by atoms with E-state index in [-0.39, 0.29) is 11.8 Å². The lowest BCUT2D eigenvalue weighted by atomic mass is 9.98. The molecule has 0 aliphatic carbocycles. The Labute approximate surface area is 133 Å². The van der Waals surface area contributed by atoms with Gasteiger partial charge in [-0.25, -0.2) is 4.98 Å². The van der Waals surface area contributed by atoms with Gasteiger partial charge in [0.15, 0.2) is 0 Å². The van der Waals surface area contributed by atoms with Crippen LogP contribution in [0.15, 0.2) is 30.3 Å². The molecule has 0 unspecified atom stereocenters. The van der Waals surface area contributed by atoms with Gasteiger partial charge in [0, 0.05) is 6.08 Å². The molecule has 6 heteroatoms. The van der Waals surface area contributed by atoms with Gasteiger partial charge in [-0.1, -0.05) is 32.4 Å². The van der Waals surface area contributed by atoms with Crippen molar-refractivity contribution < 1.29 is 9.59 Å². The van der Waals surface area contributed by atoms with E-state index >= 15 is 0 Å². The number of fused-ring (bicyclic) bond motifs is 1. The molecule has 22 heavy (non-hydrogen) atoms. The largest absolute Gasteiger partial charge is 0.368 e. The van der Waals surface area contributed by atoms with Gasteiger partial charge in [-0.15, -0.1) is 11.3 Å². The van der Waals surface area contributed by atoms with Crippen LogP contribution in [0.5, 0.6) is 0 Å². The first-order valence-corrected chi connectivity index (χ1v) is 7.96. The highest BCUT2D eigenvalue weighted by Gasteiger charge is 2.22. The molecule has 0 radical (unpaired) electrons. The molecule has 2 aromatic rings. The first-order chi connectivity index (χ1) is 10.5. The summed E-state index contributed by atoms with van der Waals surface area (Å²) in [5.41, 5.74) is 6.24. The number of amides is 2. The van der Waals surface area contributed by atoms with Crippen LogP contribution in [0.1, 0.15) is 25.3 Å². The van der Waals surface area contributed by atoms with Crippen LogP contribution in [0.3, 0.4) is 0 Å². The third-order valence-corrected chi connectivity index (χ3v) is 4.51. The number of aromatic nitrogens is 1. The molecule has 1 heterocycles. The van der Waals surface area contributed by atoms with Gasteiger partial charge in [-0.05, 0) is 24.1 Å². The fourth-order valence-electron chi connectivity index (χ4n) is 2.04. The fourth-order valence-corrected chi connectivity index (χ4v) is 2.91. The van der Waals surface area contributed by atoms with E-state index in [2.05, 4.69) is 10.3 Å². The molecule has 0 fully saturated rings.